The van der Waals surface area contributed by atoms with E-state index in [4.69, 9.17) is 9.47 Å². The van der Waals surface area contributed by atoms with Gasteiger partial charge in [-0.25, -0.2) is 0 Å². The first-order valence-electron chi connectivity index (χ1n) is 8.00. The number of methoxy groups -OCH3 is 1. The first-order chi connectivity index (χ1) is 11.2. The molecular formula is C20H22O3. The van der Waals surface area contributed by atoms with Gasteiger partial charge in [0.15, 0.2) is 0 Å². The lowest BCUT2D eigenvalue weighted by Crippen LogP contribution is -2.07. The van der Waals surface area contributed by atoms with E-state index in [0.717, 1.165) is 5.56 Å². The van der Waals surface area contributed by atoms with Crippen molar-refractivity contribution >= 4 is 5.97 Å². The third kappa shape index (κ3) is 3.62. The molecule has 0 spiro atoms. The number of rotatable bonds is 6. The lowest BCUT2D eigenvalue weighted by Gasteiger charge is -2.06. The summed E-state index contributed by atoms with van der Waals surface area (Å²) in [5, 5.41) is 0. The first-order valence-corrected chi connectivity index (χ1v) is 8.00. The molecule has 0 amide bonds. The molecule has 3 heteroatoms. The number of carbonyl (C=O) groups is 1. The Labute approximate surface area is 137 Å². The van der Waals surface area contributed by atoms with Crippen LogP contribution in [0.1, 0.15) is 12.5 Å². The van der Waals surface area contributed by atoms with E-state index in [1.165, 1.54) is 18.2 Å². The van der Waals surface area contributed by atoms with Crippen molar-refractivity contribution in [2.75, 3.05) is 13.7 Å². The summed E-state index contributed by atoms with van der Waals surface area (Å²) in [4.78, 5) is 11.5. The highest BCUT2D eigenvalue weighted by Crippen LogP contribution is 2.46. The van der Waals surface area contributed by atoms with Gasteiger partial charge in [-0.1, -0.05) is 61.5 Å². The zero-order valence-electron chi connectivity index (χ0n) is 13.6. The van der Waals surface area contributed by atoms with E-state index in [-0.39, 0.29) is 11.9 Å². The fourth-order valence-corrected chi connectivity index (χ4v) is 3.06. The minimum atomic E-state index is -0.113. The van der Waals surface area contributed by atoms with E-state index >= 15 is 0 Å². The van der Waals surface area contributed by atoms with Gasteiger partial charge in [0.05, 0.1) is 26.2 Å². The third-order valence-electron chi connectivity index (χ3n) is 4.68. The van der Waals surface area contributed by atoms with Gasteiger partial charge in [-0.2, -0.15) is 0 Å². The van der Waals surface area contributed by atoms with Crippen LogP contribution in [0, 0.1) is 17.8 Å². The van der Waals surface area contributed by atoms with Gasteiger partial charge in [0.2, 0.25) is 0 Å². The molecule has 1 saturated carbocycles. The van der Waals surface area contributed by atoms with Crippen molar-refractivity contribution in [1.82, 2.24) is 0 Å². The normalized spacial score (nSPS) is 22.6. The van der Waals surface area contributed by atoms with Gasteiger partial charge in [-0.15, -0.1) is 0 Å². The Morgan fingerprint density at radius 2 is 1.65 bits per heavy atom. The smallest absolute Gasteiger partial charge is 0.309 e. The van der Waals surface area contributed by atoms with E-state index in [2.05, 4.69) is 43.3 Å². The topological polar surface area (TPSA) is 35.5 Å². The Bertz CT molecular complexity index is 648. The standard InChI is InChI=1S/C20H22O3/c1-14-18(19(14)20(21)22-2)13-23-12-15-8-10-17(11-9-15)16-6-4-3-5-7-16/h3-11,14,18-19H,12-13H2,1-2H3. The van der Waals surface area contributed by atoms with Crippen LogP contribution in [0.4, 0.5) is 0 Å². The van der Waals surface area contributed by atoms with Gasteiger partial charge < -0.3 is 9.47 Å². The quantitative estimate of drug-likeness (QED) is 0.759. The Kier molecular flexibility index (Phi) is 4.77. The molecule has 2 aromatic carbocycles. The summed E-state index contributed by atoms with van der Waals surface area (Å²) in [7, 11) is 1.44. The number of benzene rings is 2. The molecular weight excluding hydrogens is 288 g/mol. The molecule has 0 saturated heterocycles. The molecule has 3 atom stereocenters. The summed E-state index contributed by atoms with van der Waals surface area (Å²) in [6.07, 6.45) is 0. The second-order valence-corrected chi connectivity index (χ2v) is 6.15. The lowest BCUT2D eigenvalue weighted by molar-refractivity contribution is -0.143. The Morgan fingerprint density at radius 1 is 1.00 bits per heavy atom. The predicted molar refractivity (Wildman–Crippen MR) is 89.7 cm³/mol. The zero-order chi connectivity index (χ0) is 16.2. The molecule has 3 nitrogen and oxygen atoms in total. The maximum atomic E-state index is 11.5. The van der Waals surface area contributed by atoms with E-state index in [0.29, 0.717) is 25.0 Å². The van der Waals surface area contributed by atoms with Crippen LogP contribution < -0.4 is 0 Å². The van der Waals surface area contributed by atoms with Crippen molar-refractivity contribution < 1.29 is 14.3 Å². The van der Waals surface area contributed by atoms with E-state index < -0.39 is 0 Å². The second kappa shape index (κ2) is 6.97. The Hall–Kier alpha value is -2.13. The van der Waals surface area contributed by atoms with Gasteiger partial charge in [0.25, 0.3) is 0 Å². The summed E-state index contributed by atoms with van der Waals surface area (Å²) >= 11 is 0. The highest BCUT2D eigenvalue weighted by atomic mass is 16.5. The molecule has 120 valence electrons. The molecule has 0 heterocycles. The predicted octanol–water partition coefficient (Wildman–Crippen LogP) is 3.93. The van der Waals surface area contributed by atoms with Crippen LogP contribution in [-0.2, 0) is 20.9 Å². The summed E-state index contributed by atoms with van der Waals surface area (Å²) in [5.74, 6) is 0.563. The van der Waals surface area contributed by atoms with E-state index in [1.54, 1.807) is 0 Å². The van der Waals surface area contributed by atoms with Crippen molar-refractivity contribution in [3.8, 4) is 11.1 Å². The minimum absolute atomic E-state index is 0.0143. The van der Waals surface area contributed by atoms with Crippen LogP contribution in [0.5, 0.6) is 0 Å². The SMILES string of the molecule is COC(=O)C1C(C)C1COCc1ccc(-c2ccccc2)cc1. The molecule has 0 aromatic heterocycles. The number of hydrogen-bond acceptors (Lipinski definition) is 3. The van der Waals surface area contributed by atoms with Crippen molar-refractivity contribution in [1.29, 1.82) is 0 Å². The van der Waals surface area contributed by atoms with E-state index in [9.17, 15) is 4.79 Å². The molecule has 0 radical (unpaired) electrons. The largest absolute Gasteiger partial charge is 0.469 e. The van der Waals surface area contributed by atoms with Gasteiger partial charge in [0, 0.05) is 0 Å². The van der Waals surface area contributed by atoms with Crippen LogP contribution >= 0.6 is 0 Å². The van der Waals surface area contributed by atoms with Crippen molar-refractivity contribution in [2.45, 2.75) is 13.5 Å². The van der Waals surface area contributed by atoms with Gasteiger partial charge in [-0.3, -0.25) is 4.79 Å². The lowest BCUT2D eigenvalue weighted by atomic mass is 10.0. The molecule has 1 aliphatic carbocycles. The maximum absolute atomic E-state index is 11.5. The maximum Gasteiger partial charge on any atom is 0.309 e. The monoisotopic (exact) mass is 310 g/mol. The fourth-order valence-electron chi connectivity index (χ4n) is 3.06. The molecule has 3 unspecified atom stereocenters. The summed E-state index contributed by atoms with van der Waals surface area (Å²) in [6, 6.07) is 18.7. The molecule has 1 fully saturated rings. The molecule has 2 aromatic rings. The number of esters is 1. The van der Waals surface area contributed by atoms with Crippen LogP contribution in [0.15, 0.2) is 54.6 Å². The van der Waals surface area contributed by atoms with Crippen LogP contribution in [0.25, 0.3) is 11.1 Å². The van der Waals surface area contributed by atoms with Gasteiger partial charge in [-0.05, 0) is 28.5 Å². The van der Waals surface area contributed by atoms with Gasteiger partial charge >= 0.3 is 5.97 Å². The molecule has 3 rings (SSSR count). The Balaban J connectivity index is 1.49. The highest BCUT2D eigenvalue weighted by molar-refractivity contribution is 5.76. The molecule has 0 N–H and O–H groups in total. The summed E-state index contributed by atoms with van der Waals surface area (Å²) in [5.41, 5.74) is 3.57. The van der Waals surface area contributed by atoms with Gasteiger partial charge in [0.1, 0.15) is 0 Å². The first kappa shape index (κ1) is 15.8. The van der Waals surface area contributed by atoms with Crippen molar-refractivity contribution in [3.63, 3.8) is 0 Å². The number of carbonyl (C=O) groups excluding carboxylic acids is 1. The molecule has 1 aliphatic rings. The molecule has 0 bridgehead atoms. The summed E-state index contributed by atoms with van der Waals surface area (Å²) < 4.78 is 10.6. The summed E-state index contributed by atoms with van der Waals surface area (Å²) in [6.45, 7) is 3.26. The number of hydrogen-bond donors (Lipinski definition) is 0. The van der Waals surface area contributed by atoms with Crippen LogP contribution in [-0.4, -0.2) is 19.7 Å². The van der Waals surface area contributed by atoms with Crippen molar-refractivity contribution in [3.05, 3.63) is 60.2 Å². The fraction of sp³-hybridized carbons (Fsp3) is 0.350. The van der Waals surface area contributed by atoms with Crippen LogP contribution in [0.3, 0.4) is 0 Å². The second-order valence-electron chi connectivity index (χ2n) is 6.15. The average Bonchev–Trinajstić information content (AvgIpc) is 3.25. The average molecular weight is 310 g/mol. The minimum Gasteiger partial charge on any atom is -0.469 e. The zero-order valence-corrected chi connectivity index (χ0v) is 13.6. The molecule has 23 heavy (non-hydrogen) atoms. The van der Waals surface area contributed by atoms with E-state index in [1.807, 2.05) is 18.2 Å². The molecule has 0 aliphatic heterocycles. The Morgan fingerprint density at radius 3 is 2.30 bits per heavy atom. The van der Waals surface area contributed by atoms with Crippen LogP contribution in [0.2, 0.25) is 0 Å². The number of ether oxygens (including phenoxy) is 2. The van der Waals surface area contributed by atoms with Crippen molar-refractivity contribution in [2.24, 2.45) is 17.8 Å². The highest BCUT2D eigenvalue weighted by Gasteiger charge is 2.52. The third-order valence-corrected chi connectivity index (χ3v) is 4.68.